The Morgan fingerprint density at radius 3 is 2.84 bits per heavy atom. The first-order valence-electron chi connectivity index (χ1n) is 6.74. The second kappa shape index (κ2) is 5.78. The van der Waals surface area contributed by atoms with Crippen molar-refractivity contribution in [2.24, 2.45) is 5.92 Å². The van der Waals surface area contributed by atoms with Crippen molar-refractivity contribution >= 4 is 23.3 Å². The van der Waals surface area contributed by atoms with Crippen molar-refractivity contribution < 1.29 is 4.79 Å². The van der Waals surface area contributed by atoms with E-state index in [0.717, 1.165) is 19.5 Å². The lowest BCUT2D eigenvalue weighted by Crippen LogP contribution is -2.34. The number of amides is 1. The molecular weight excluding hydrogens is 262 g/mol. The highest BCUT2D eigenvalue weighted by molar-refractivity contribution is 6.33. The van der Waals surface area contributed by atoms with Gasteiger partial charge in [-0.1, -0.05) is 18.5 Å². The van der Waals surface area contributed by atoms with Gasteiger partial charge >= 0.3 is 0 Å². The van der Waals surface area contributed by atoms with Crippen molar-refractivity contribution in [3.63, 3.8) is 0 Å². The van der Waals surface area contributed by atoms with Crippen molar-refractivity contribution in [3.05, 3.63) is 22.8 Å². The monoisotopic (exact) mass is 281 g/mol. The number of likely N-dealkylation sites (tertiary alicyclic amines) is 1. The molecule has 0 spiro atoms. The Morgan fingerprint density at radius 2 is 2.26 bits per heavy atom. The third kappa shape index (κ3) is 3.00. The first-order chi connectivity index (χ1) is 9.02. The second-order valence-electron chi connectivity index (χ2n) is 5.20. The van der Waals surface area contributed by atoms with Crippen LogP contribution >= 0.6 is 11.6 Å². The van der Waals surface area contributed by atoms with Crippen LogP contribution in [0.3, 0.4) is 0 Å². The summed E-state index contributed by atoms with van der Waals surface area (Å²) in [7, 11) is 0. The van der Waals surface area contributed by atoms with Gasteiger partial charge in [-0.05, 0) is 38.3 Å². The number of pyridine rings is 1. The maximum absolute atomic E-state index is 12.5. The van der Waals surface area contributed by atoms with Crippen LogP contribution in [-0.2, 0) is 0 Å². The number of nitrogens with zero attached hydrogens (tertiary/aromatic N) is 2. The van der Waals surface area contributed by atoms with E-state index in [4.69, 9.17) is 11.6 Å². The fraction of sp³-hybridized carbons (Fsp3) is 0.571. The Labute approximate surface area is 119 Å². The zero-order valence-corrected chi connectivity index (χ0v) is 12.4. The summed E-state index contributed by atoms with van der Waals surface area (Å²) in [5, 5.41) is 3.52. The molecule has 1 amide bonds. The van der Waals surface area contributed by atoms with E-state index in [-0.39, 0.29) is 11.9 Å². The fourth-order valence-corrected chi connectivity index (χ4v) is 2.78. The highest BCUT2D eigenvalue weighted by Gasteiger charge is 2.32. The SMILES string of the molecule is CCNc1ccc(Cl)c(C(=O)N2CC(C)CC2C)n1. The van der Waals surface area contributed by atoms with Crippen LogP contribution in [0.1, 0.15) is 37.7 Å². The van der Waals surface area contributed by atoms with Gasteiger partial charge in [0.2, 0.25) is 0 Å². The van der Waals surface area contributed by atoms with Crippen molar-refractivity contribution in [2.75, 3.05) is 18.4 Å². The lowest BCUT2D eigenvalue weighted by molar-refractivity contribution is 0.0738. The molecular formula is C14H20ClN3O. The summed E-state index contributed by atoms with van der Waals surface area (Å²) in [4.78, 5) is 18.7. The van der Waals surface area contributed by atoms with E-state index < -0.39 is 0 Å². The van der Waals surface area contributed by atoms with Gasteiger partial charge in [-0.3, -0.25) is 4.79 Å². The Hall–Kier alpha value is -1.29. The number of aromatic nitrogens is 1. The number of anilines is 1. The number of carbonyl (C=O) groups is 1. The number of carbonyl (C=O) groups excluding carboxylic acids is 1. The van der Waals surface area contributed by atoms with Gasteiger partial charge < -0.3 is 10.2 Å². The summed E-state index contributed by atoms with van der Waals surface area (Å²) in [5.74, 6) is 1.16. The van der Waals surface area contributed by atoms with Gasteiger partial charge in [-0.15, -0.1) is 0 Å². The number of hydrogen-bond donors (Lipinski definition) is 1. The molecule has 2 heterocycles. The smallest absolute Gasteiger partial charge is 0.274 e. The van der Waals surface area contributed by atoms with Crippen LogP contribution in [0.2, 0.25) is 5.02 Å². The number of hydrogen-bond acceptors (Lipinski definition) is 3. The molecule has 2 unspecified atom stereocenters. The normalized spacial score (nSPS) is 22.6. The van der Waals surface area contributed by atoms with Crippen LogP contribution in [0.25, 0.3) is 0 Å². The molecule has 2 rings (SSSR count). The maximum Gasteiger partial charge on any atom is 0.274 e. The van der Waals surface area contributed by atoms with E-state index in [2.05, 4.69) is 24.1 Å². The highest BCUT2D eigenvalue weighted by atomic mass is 35.5. The van der Waals surface area contributed by atoms with Crippen LogP contribution in [0, 0.1) is 5.92 Å². The molecule has 1 aromatic rings. The molecule has 1 saturated heterocycles. The van der Waals surface area contributed by atoms with Crippen molar-refractivity contribution in [1.29, 1.82) is 0 Å². The van der Waals surface area contributed by atoms with E-state index in [1.165, 1.54) is 0 Å². The molecule has 1 aliphatic heterocycles. The summed E-state index contributed by atoms with van der Waals surface area (Å²) in [6.45, 7) is 7.77. The van der Waals surface area contributed by atoms with Crippen LogP contribution in [0.4, 0.5) is 5.82 Å². The van der Waals surface area contributed by atoms with Crippen LogP contribution in [0.5, 0.6) is 0 Å². The molecule has 0 saturated carbocycles. The van der Waals surface area contributed by atoms with E-state index in [1.807, 2.05) is 11.8 Å². The third-order valence-electron chi connectivity index (χ3n) is 3.45. The third-order valence-corrected chi connectivity index (χ3v) is 3.76. The first kappa shape index (κ1) is 14.1. The Balaban J connectivity index is 2.25. The standard InChI is InChI=1S/C14H20ClN3O/c1-4-16-12-6-5-11(15)13(17-12)14(19)18-8-9(2)7-10(18)3/h5-6,9-10H,4,7-8H2,1-3H3,(H,16,17). The van der Waals surface area contributed by atoms with Crippen molar-refractivity contribution in [1.82, 2.24) is 9.88 Å². The van der Waals surface area contributed by atoms with Gasteiger partial charge in [0.15, 0.2) is 0 Å². The summed E-state index contributed by atoms with van der Waals surface area (Å²) in [6.07, 6.45) is 1.04. The molecule has 0 radical (unpaired) electrons. The molecule has 0 aromatic carbocycles. The van der Waals surface area contributed by atoms with Crippen LogP contribution < -0.4 is 5.32 Å². The maximum atomic E-state index is 12.5. The predicted molar refractivity (Wildman–Crippen MR) is 77.7 cm³/mol. The minimum absolute atomic E-state index is 0.0680. The average molecular weight is 282 g/mol. The molecule has 1 fully saturated rings. The number of nitrogens with one attached hydrogen (secondary N) is 1. The average Bonchev–Trinajstić information content (AvgIpc) is 2.70. The fourth-order valence-electron chi connectivity index (χ4n) is 2.59. The molecule has 104 valence electrons. The van der Waals surface area contributed by atoms with E-state index in [9.17, 15) is 4.79 Å². The number of halogens is 1. The van der Waals surface area contributed by atoms with Crippen molar-refractivity contribution in [2.45, 2.75) is 33.2 Å². The van der Waals surface area contributed by atoms with Crippen LogP contribution in [0.15, 0.2) is 12.1 Å². The zero-order chi connectivity index (χ0) is 14.0. The van der Waals surface area contributed by atoms with E-state index >= 15 is 0 Å². The Kier molecular flexibility index (Phi) is 4.30. The molecule has 1 aromatic heterocycles. The molecule has 19 heavy (non-hydrogen) atoms. The lowest BCUT2D eigenvalue weighted by Gasteiger charge is -2.21. The summed E-state index contributed by atoms with van der Waals surface area (Å²) in [5.41, 5.74) is 0.348. The van der Waals surface area contributed by atoms with E-state index in [0.29, 0.717) is 22.5 Å². The Bertz CT molecular complexity index is 478. The van der Waals surface area contributed by atoms with Gasteiger partial charge in [0.05, 0.1) is 5.02 Å². The highest BCUT2D eigenvalue weighted by Crippen LogP contribution is 2.26. The molecule has 4 nitrogen and oxygen atoms in total. The van der Waals surface area contributed by atoms with Gasteiger partial charge in [0.25, 0.3) is 5.91 Å². The second-order valence-corrected chi connectivity index (χ2v) is 5.61. The lowest BCUT2D eigenvalue weighted by atomic mass is 10.1. The molecule has 2 atom stereocenters. The van der Waals surface area contributed by atoms with Gasteiger partial charge in [0, 0.05) is 19.1 Å². The number of rotatable bonds is 3. The molecule has 1 N–H and O–H groups in total. The molecule has 0 bridgehead atoms. The minimum atomic E-state index is -0.0680. The largest absolute Gasteiger partial charge is 0.370 e. The van der Waals surface area contributed by atoms with Gasteiger partial charge in [0.1, 0.15) is 11.5 Å². The summed E-state index contributed by atoms with van der Waals surface area (Å²) in [6, 6.07) is 3.77. The summed E-state index contributed by atoms with van der Waals surface area (Å²) < 4.78 is 0. The molecule has 0 aliphatic carbocycles. The minimum Gasteiger partial charge on any atom is -0.370 e. The first-order valence-corrected chi connectivity index (χ1v) is 7.12. The van der Waals surface area contributed by atoms with Crippen LogP contribution in [-0.4, -0.2) is 34.9 Å². The van der Waals surface area contributed by atoms with Gasteiger partial charge in [-0.2, -0.15) is 0 Å². The topological polar surface area (TPSA) is 45.2 Å². The quantitative estimate of drug-likeness (QED) is 0.926. The van der Waals surface area contributed by atoms with E-state index in [1.54, 1.807) is 12.1 Å². The van der Waals surface area contributed by atoms with Gasteiger partial charge in [-0.25, -0.2) is 4.98 Å². The molecule has 1 aliphatic rings. The summed E-state index contributed by atoms with van der Waals surface area (Å²) >= 11 is 6.12. The molecule has 5 heteroatoms. The predicted octanol–water partition coefficient (Wildman–Crippen LogP) is 3.04. The van der Waals surface area contributed by atoms with Crippen molar-refractivity contribution in [3.8, 4) is 0 Å². The zero-order valence-electron chi connectivity index (χ0n) is 11.6. The Morgan fingerprint density at radius 1 is 1.53 bits per heavy atom.